The number of aryl methyl sites for hydroxylation is 2. The van der Waals surface area contributed by atoms with Crippen molar-refractivity contribution >= 4 is 0 Å². The van der Waals surface area contributed by atoms with Gasteiger partial charge in [-0.3, -0.25) is 0 Å². The zero-order valence-electron chi connectivity index (χ0n) is 15.2. The number of fused-ring (bicyclic) bond motifs is 1. The molecule has 134 valence electrons. The zero-order valence-corrected chi connectivity index (χ0v) is 15.2. The largest absolute Gasteiger partial charge is 0.304 e. The van der Waals surface area contributed by atoms with E-state index >= 15 is 0 Å². The Labute approximate surface area is 150 Å². The van der Waals surface area contributed by atoms with Gasteiger partial charge in [-0.1, -0.05) is 30.3 Å². The molecule has 1 atom stereocenters. The first-order valence-corrected chi connectivity index (χ1v) is 9.71. The van der Waals surface area contributed by atoms with Gasteiger partial charge in [0.25, 0.3) is 0 Å². The van der Waals surface area contributed by atoms with Crippen LogP contribution in [0.3, 0.4) is 0 Å². The van der Waals surface area contributed by atoms with Crippen LogP contribution in [0.1, 0.15) is 48.9 Å². The van der Waals surface area contributed by atoms with Gasteiger partial charge >= 0.3 is 0 Å². The fourth-order valence-corrected chi connectivity index (χ4v) is 4.17. The Morgan fingerprint density at radius 1 is 1.08 bits per heavy atom. The predicted octanol–water partition coefficient (Wildman–Crippen LogP) is 2.72. The fraction of sp³-hybridized carbons (Fsp3) is 0.600. The van der Waals surface area contributed by atoms with Crippen LogP contribution in [0, 0.1) is 6.92 Å². The summed E-state index contributed by atoms with van der Waals surface area (Å²) < 4.78 is 2.10. The summed E-state index contributed by atoms with van der Waals surface area (Å²) in [6.45, 7) is 6.58. The molecule has 1 saturated heterocycles. The van der Waals surface area contributed by atoms with Crippen molar-refractivity contribution in [1.82, 2.24) is 25.0 Å². The number of likely N-dealkylation sites (tertiary alicyclic amines) is 1. The van der Waals surface area contributed by atoms with Crippen LogP contribution in [0.2, 0.25) is 0 Å². The normalized spacial score (nSPS) is 22.0. The lowest BCUT2D eigenvalue weighted by Crippen LogP contribution is -2.45. The van der Waals surface area contributed by atoms with Gasteiger partial charge in [-0.05, 0) is 57.7 Å². The zero-order chi connectivity index (χ0) is 17.1. The van der Waals surface area contributed by atoms with Crippen LogP contribution in [-0.2, 0) is 13.0 Å². The Hall–Kier alpha value is -1.72. The van der Waals surface area contributed by atoms with E-state index in [0.717, 1.165) is 24.6 Å². The summed E-state index contributed by atoms with van der Waals surface area (Å²) in [7, 11) is 0. The van der Waals surface area contributed by atoms with Gasteiger partial charge in [-0.2, -0.15) is 5.10 Å². The van der Waals surface area contributed by atoms with Crippen LogP contribution in [0.25, 0.3) is 0 Å². The average molecular weight is 339 g/mol. The first kappa shape index (κ1) is 16.7. The lowest BCUT2D eigenvalue weighted by atomic mass is 10.0. The highest BCUT2D eigenvalue weighted by Crippen LogP contribution is 2.25. The molecule has 2 aliphatic heterocycles. The SMILES string of the molecule is Cc1nc2n(n1)CCC[C@H]2NC1CCN(CCc2ccccc2)CC1. The van der Waals surface area contributed by atoms with E-state index in [2.05, 4.69) is 55.3 Å². The van der Waals surface area contributed by atoms with Crippen molar-refractivity contribution in [1.29, 1.82) is 0 Å². The van der Waals surface area contributed by atoms with Gasteiger partial charge < -0.3 is 10.2 Å². The third-order valence-electron chi connectivity index (χ3n) is 5.56. The average Bonchev–Trinajstić information content (AvgIpc) is 3.03. The van der Waals surface area contributed by atoms with E-state index in [1.54, 1.807) is 0 Å². The highest BCUT2D eigenvalue weighted by atomic mass is 15.4. The molecule has 25 heavy (non-hydrogen) atoms. The van der Waals surface area contributed by atoms with Crippen molar-refractivity contribution in [2.45, 2.75) is 57.7 Å². The molecule has 5 heteroatoms. The number of hydrogen-bond donors (Lipinski definition) is 1. The third kappa shape index (κ3) is 4.10. The number of rotatable bonds is 5. The lowest BCUT2D eigenvalue weighted by molar-refractivity contribution is 0.186. The van der Waals surface area contributed by atoms with Crippen LogP contribution >= 0.6 is 0 Å². The van der Waals surface area contributed by atoms with E-state index in [0.29, 0.717) is 12.1 Å². The Morgan fingerprint density at radius 2 is 1.88 bits per heavy atom. The summed E-state index contributed by atoms with van der Waals surface area (Å²) in [5, 5.41) is 8.39. The standard InChI is InChI=1S/C20H29N5/c1-16-21-20-19(8-5-12-25(20)23-16)22-18-10-14-24(15-11-18)13-9-17-6-3-2-4-7-17/h2-4,6-7,18-19,22H,5,8-15H2,1H3/t19-/m1/s1. The van der Waals surface area contributed by atoms with Gasteiger partial charge in [0.2, 0.25) is 0 Å². The van der Waals surface area contributed by atoms with Crippen molar-refractivity contribution in [3.63, 3.8) is 0 Å². The molecule has 2 aromatic rings. The molecule has 3 heterocycles. The molecule has 4 rings (SSSR count). The molecule has 2 aliphatic rings. The maximum atomic E-state index is 4.66. The van der Waals surface area contributed by atoms with Crippen LogP contribution in [0.15, 0.2) is 30.3 Å². The van der Waals surface area contributed by atoms with Gasteiger partial charge in [0.05, 0.1) is 6.04 Å². The lowest BCUT2D eigenvalue weighted by Gasteiger charge is -2.35. The maximum Gasteiger partial charge on any atom is 0.147 e. The Kier molecular flexibility index (Phi) is 5.13. The van der Waals surface area contributed by atoms with Crippen LogP contribution in [-0.4, -0.2) is 45.3 Å². The first-order valence-electron chi connectivity index (χ1n) is 9.71. The monoisotopic (exact) mass is 339 g/mol. The molecule has 0 aliphatic carbocycles. The Bertz CT molecular complexity index is 673. The molecule has 0 spiro atoms. The number of benzene rings is 1. The molecule has 1 N–H and O–H groups in total. The predicted molar refractivity (Wildman–Crippen MR) is 99.5 cm³/mol. The molecular formula is C20H29N5. The molecule has 0 bridgehead atoms. The highest BCUT2D eigenvalue weighted by molar-refractivity contribution is 5.14. The topological polar surface area (TPSA) is 46.0 Å². The summed E-state index contributed by atoms with van der Waals surface area (Å²) >= 11 is 0. The minimum Gasteiger partial charge on any atom is -0.304 e. The van der Waals surface area contributed by atoms with Crippen molar-refractivity contribution in [2.24, 2.45) is 0 Å². The smallest absolute Gasteiger partial charge is 0.147 e. The van der Waals surface area contributed by atoms with Gasteiger partial charge in [-0.15, -0.1) is 0 Å². The molecule has 0 radical (unpaired) electrons. The summed E-state index contributed by atoms with van der Waals surface area (Å²) in [6.07, 6.45) is 6.01. The number of nitrogens with zero attached hydrogens (tertiary/aromatic N) is 4. The van der Waals surface area contributed by atoms with E-state index in [9.17, 15) is 0 Å². The molecule has 0 unspecified atom stereocenters. The Balaban J connectivity index is 1.25. The van der Waals surface area contributed by atoms with Crippen LogP contribution in [0.5, 0.6) is 0 Å². The number of nitrogens with one attached hydrogen (secondary N) is 1. The first-order chi connectivity index (χ1) is 12.3. The number of hydrogen-bond acceptors (Lipinski definition) is 4. The minimum atomic E-state index is 0.385. The molecule has 0 saturated carbocycles. The van der Waals surface area contributed by atoms with Gasteiger partial charge in [-0.25, -0.2) is 9.67 Å². The summed E-state index contributed by atoms with van der Waals surface area (Å²) in [6, 6.07) is 11.8. The van der Waals surface area contributed by atoms with E-state index in [4.69, 9.17) is 0 Å². The van der Waals surface area contributed by atoms with E-state index in [1.807, 2.05) is 6.92 Å². The molecule has 1 fully saturated rings. The van der Waals surface area contributed by atoms with E-state index in [-0.39, 0.29) is 0 Å². The highest BCUT2D eigenvalue weighted by Gasteiger charge is 2.27. The number of piperidine rings is 1. The second kappa shape index (κ2) is 7.67. The maximum absolute atomic E-state index is 4.66. The van der Waals surface area contributed by atoms with Crippen LogP contribution in [0.4, 0.5) is 0 Å². The molecule has 0 amide bonds. The van der Waals surface area contributed by atoms with Gasteiger partial charge in [0.1, 0.15) is 11.6 Å². The quantitative estimate of drug-likeness (QED) is 0.910. The molecular weight excluding hydrogens is 310 g/mol. The molecule has 5 nitrogen and oxygen atoms in total. The van der Waals surface area contributed by atoms with Crippen molar-refractivity contribution in [3.05, 3.63) is 47.5 Å². The molecule has 1 aromatic heterocycles. The van der Waals surface area contributed by atoms with Gasteiger partial charge in [0, 0.05) is 19.1 Å². The molecule has 1 aromatic carbocycles. The van der Waals surface area contributed by atoms with Gasteiger partial charge in [0.15, 0.2) is 0 Å². The number of aromatic nitrogens is 3. The fourth-order valence-electron chi connectivity index (χ4n) is 4.17. The van der Waals surface area contributed by atoms with Crippen LogP contribution < -0.4 is 5.32 Å². The van der Waals surface area contributed by atoms with Crippen molar-refractivity contribution in [2.75, 3.05) is 19.6 Å². The summed E-state index contributed by atoms with van der Waals surface area (Å²) in [4.78, 5) is 7.26. The second-order valence-electron chi connectivity index (χ2n) is 7.45. The van der Waals surface area contributed by atoms with Crippen molar-refractivity contribution < 1.29 is 0 Å². The second-order valence-corrected chi connectivity index (χ2v) is 7.45. The Morgan fingerprint density at radius 3 is 2.68 bits per heavy atom. The van der Waals surface area contributed by atoms with E-state index in [1.165, 1.54) is 50.9 Å². The summed E-state index contributed by atoms with van der Waals surface area (Å²) in [5.74, 6) is 2.05. The third-order valence-corrected chi connectivity index (χ3v) is 5.56. The van der Waals surface area contributed by atoms with Crippen molar-refractivity contribution in [3.8, 4) is 0 Å². The minimum absolute atomic E-state index is 0.385. The summed E-state index contributed by atoms with van der Waals surface area (Å²) in [5.41, 5.74) is 1.44. The van der Waals surface area contributed by atoms with E-state index < -0.39 is 0 Å².